The van der Waals surface area contributed by atoms with Crippen LogP contribution in [0.4, 0.5) is 5.69 Å². The van der Waals surface area contributed by atoms with Crippen LogP contribution in [0, 0.1) is 6.92 Å². The highest BCUT2D eigenvalue weighted by molar-refractivity contribution is 5.51. The Hall–Kier alpha value is -2.36. The van der Waals surface area contributed by atoms with Crippen molar-refractivity contribution in [2.75, 3.05) is 5.32 Å². The molecule has 4 nitrogen and oxygen atoms in total. The fraction of sp³-hybridized carbons (Fsp3) is 0.143. The van der Waals surface area contributed by atoms with E-state index >= 15 is 0 Å². The first kappa shape index (κ1) is 12.1. The molecule has 0 aliphatic rings. The molecule has 2 rings (SSSR count). The number of aromatic hydroxyl groups is 3. The van der Waals surface area contributed by atoms with Gasteiger partial charge in [-0.15, -0.1) is 0 Å². The van der Waals surface area contributed by atoms with Gasteiger partial charge in [0.05, 0.1) is 0 Å². The molecular formula is C14H15NO3. The van der Waals surface area contributed by atoms with Gasteiger partial charge in [-0.25, -0.2) is 0 Å². The van der Waals surface area contributed by atoms with E-state index in [1.807, 2.05) is 13.0 Å². The summed E-state index contributed by atoms with van der Waals surface area (Å²) in [6.07, 6.45) is 0. The second-order valence-corrected chi connectivity index (χ2v) is 4.18. The Morgan fingerprint density at radius 3 is 2.28 bits per heavy atom. The van der Waals surface area contributed by atoms with Gasteiger partial charge in [0.25, 0.3) is 0 Å². The van der Waals surface area contributed by atoms with Gasteiger partial charge in [0, 0.05) is 12.2 Å². The first-order chi connectivity index (χ1) is 8.56. The van der Waals surface area contributed by atoms with Crippen molar-refractivity contribution < 1.29 is 15.3 Å². The van der Waals surface area contributed by atoms with Crippen LogP contribution < -0.4 is 5.32 Å². The third-order valence-corrected chi connectivity index (χ3v) is 2.73. The first-order valence-corrected chi connectivity index (χ1v) is 5.60. The number of hydrogen-bond donors (Lipinski definition) is 4. The molecule has 0 aromatic heterocycles. The molecule has 0 spiro atoms. The Balaban J connectivity index is 2.06. The summed E-state index contributed by atoms with van der Waals surface area (Å²) >= 11 is 0. The predicted octanol–water partition coefficient (Wildman–Crippen LogP) is 2.72. The van der Waals surface area contributed by atoms with E-state index in [-0.39, 0.29) is 17.2 Å². The summed E-state index contributed by atoms with van der Waals surface area (Å²) in [4.78, 5) is 0. The number of hydrogen-bond acceptors (Lipinski definition) is 4. The molecule has 0 amide bonds. The van der Waals surface area contributed by atoms with Crippen LogP contribution >= 0.6 is 0 Å². The minimum Gasteiger partial charge on any atom is -0.508 e. The van der Waals surface area contributed by atoms with E-state index in [2.05, 4.69) is 5.32 Å². The molecule has 2 aromatic carbocycles. The van der Waals surface area contributed by atoms with Crippen molar-refractivity contribution in [1.82, 2.24) is 0 Å². The van der Waals surface area contributed by atoms with Crippen LogP contribution in [0.2, 0.25) is 0 Å². The van der Waals surface area contributed by atoms with E-state index in [4.69, 9.17) is 0 Å². The van der Waals surface area contributed by atoms with Gasteiger partial charge in [-0.1, -0.05) is 6.07 Å². The molecule has 2 aromatic rings. The highest BCUT2D eigenvalue weighted by Gasteiger charge is 2.01. The lowest BCUT2D eigenvalue weighted by molar-refractivity contribution is 0.403. The number of nitrogens with one attached hydrogen (secondary N) is 1. The Bertz CT molecular complexity index is 515. The van der Waals surface area contributed by atoms with E-state index in [1.54, 1.807) is 18.2 Å². The predicted molar refractivity (Wildman–Crippen MR) is 69.9 cm³/mol. The molecule has 0 bridgehead atoms. The lowest BCUT2D eigenvalue weighted by Gasteiger charge is -2.09. The van der Waals surface area contributed by atoms with Crippen molar-refractivity contribution in [1.29, 1.82) is 0 Å². The SMILES string of the molecule is Cc1cc(NCc2ccc(O)c(O)c2)ccc1O. The summed E-state index contributed by atoms with van der Waals surface area (Å²) in [5, 5.41) is 31.1. The molecule has 0 heterocycles. The van der Waals surface area contributed by atoms with Gasteiger partial charge in [0.2, 0.25) is 0 Å². The normalized spacial score (nSPS) is 10.3. The Morgan fingerprint density at radius 2 is 1.61 bits per heavy atom. The highest BCUT2D eigenvalue weighted by Crippen LogP contribution is 2.25. The molecule has 0 unspecified atom stereocenters. The maximum atomic E-state index is 9.41. The van der Waals surface area contributed by atoms with Gasteiger partial charge < -0.3 is 20.6 Å². The average molecular weight is 245 g/mol. The van der Waals surface area contributed by atoms with Gasteiger partial charge in [0.1, 0.15) is 5.75 Å². The van der Waals surface area contributed by atoms with E-state index in [0.717, 1.165) is 16.8 Å². The van der Waals surface area contributed by atoms with Crippen molar-refractivity contribution >= 4 is 5.69 Å². The minimum absolute atomic E-state index is 0.126. The van der Waals surface area contributed by atoms with Crippen LogP contribution in [0.15, 0.2) is 36.4 Å². The smallest absolute Gasteiger partial charge is 0.157 e. The van der Waals surface area contributed by atoms with Crippen molar-refractivity contribution in [3.05, 3.63) is 47.5 Å². The van der Waals surface area contributed by atoms with E-state index in [9.17, 15) is 15.3 Å². The van der Waals surface area contributed by atoms with Gasteiger partial charge in [-0.2, -0.15) is 0 Å². The molecule has 0 saturated heterocycles. The standard InChI is InChI=1S/C14H15NO3/c1-9-6-11(3-5-12(9)16)15-8-10-2-4-13(17)14(18)7-10/h2-7,15-18H,8H2,1H3. The van der Waals surface area contributed by atoms with Crippen molar-refractivity contribution in [3.63, 3.8) is 0 Å². The molecule has 18 heavy (non-hydrogen) atoms. The second-order valence-electron chi connectivity index (χ2n) is 4.18. The summed E-state index contributed by atoms with van der Waals surface area (Å²) < 4.78 is 0. The third kappa shape index (κ3) is 2.66. The largest absolute Gasteiger partial charge is 0.508 e. The Morgan fingerprint density at radius 1 is 0.889 bits per heavy atom. The number of aryl methyl sites for hydroxylation is 1. The monoisotopic (exact) mass is 245 g/mol. The maximum Gasteiger partial charge on any atom is 0.157 e. The van der Waals surface area contributed by atoms with E-state index < -0.39 is 0 Å². The number of rotatable bonds is 3. The molecule has 0 aliphatic carbocycles. The molecule has 4 N–H and O–H groups in total. The van der Waals surface area contributed by atoms with Crippen LogP contribution in [0.5, 0.6) is 17.2 Å². The fourth-order valence-corrected chi connectivity index (χ4v) is 1.65. The topological polar surface area (TPSA) is 72.7 Å². The summed E-state index contributed by atoms with van der Waals surface area (Å²) in [5.41, 5.74) is 2.54. The zero-order valence-corrected chi connectivity index (χ0v) is 10.0. The molecule has 0 saturated carbocycles. The molecule has 4 heteroatoms. The van der Waals surface area contributed by atoms with Gasteiger partial charge in [-0.05, 0) is 48.4 Å². The lowest BCUT2D eigenvalue weighted by Crippen LogP contribution is -1.99. The highest BCUT2D eigenvalue weighted by atomic mass is 16.3. The minimum atomic E-state index is -0.129. The van der Waals surface area contributed by atoms with Crippen LogP contribution in [0.25, 0.3) is 0 Å². The summed E-state index contributed by atoms with van der Waals surface area (Å²) in [6.45, 7) is 2.35. The Kier molecular flexibility index (Phi) is 3.28. The zero-order valence-electron chi connectivity index (χ0n) is 10.0. The molecule has 0 aliphatic heterocycles. The summed E-state index contributed by atoms with van der Waals surface area (Å²) in [6, 6.07) is 9.95. The van der Waals surface area contributed by atoms with Crippen molar-refractivity contribution in [2.45, 2.75) is 13.5 Å². The fourth-order valence-electron chi connectivity index (χ4n) is 1.65. The Labute approximate surface area is 105 Å². The van der Waals surface area contributed by atoms with Crippen LogP contribution in [-0.2, 0) is 6.54 Å². The number of phenolic OH excluding ortho intramolecular Hbond substituents is 3. The van der Waals surface area contributed by atoms with Crippen molar-refractivity contribution in [3.8, 4) is 17.2 Å². The summed E-state index contributed by atoms with van der Waals surface area (Å²) in [7, 11) is 0. The first-order valence-electron chi connectivity index (χ1n) is 5.60. The molecule has 0 radical (unpaired) electrons. The van der Waals surface area contributed by atoms with Gasteiger partial charge in [0.15, 0.2) is 11.5 Å². The molecular weight excluding hydrogens is 230 g/mol. The van der Waals surface area contributed by atoms with E-state index in [0.29, 0.717) is 6.54 Å². The van der Waals surface area contributed by atoms with Gasteiger partial charge in [-0.3, -0.25) is 0 Å². The quantitative estimate of drug-likeness (QED) is 0.495. The van der Waals surface area contributed by atoms with E-state index in [1.165, 1.54) is 12.1 Å². The zero-order chi connectivity index (χ0) is 13.1. The van der Waals surface area contributed by atoms with Crippen LogP contribution in [0.1, 0.15) is 11.1 Å². The van der Waals surface area contributed by atoms with Gasteiger partial charge >= 0.3 is 0 Å². The molecule has 0 fully saturated rings. The average Bonchev–Trinajstić information content (AvgIpc) is 2.35. The van der Waals surface area contributed by atoms with Crippen LogP contribution in [0.3, 0.4) is 0 Å². The summed E-state index contributed by atoms with van der Waals surface area (Å²) in [5.74, 6) is 0.0123. The number of benzene rings is 2. The third-order valence-electron chi connectivity index (χ3n) is 2.73. The van der Waals surface area contributed by atoms with Crippen molar-refractivity contribution in [2.24, 2.45) is 0 Å². The second kappa shape index (κ2) is 4.87. The molecule has 0 atom stereocenters. The maximum absolute atomic E-state index is 9.41. The number of phenols is 3. The van der Waals surface area contributed by atoms with Crippen LogP contribution in [-0.4, -0.2) is 15.3 Å². The molecule has 94 valence electrons. The number of anilines is 1. The lowest BCUT2D eigenvalue weighted by atomic mass is 10.1.